The zero-order valence-corrected chi connectivity index (χ0v) is 12.8. The van der Waals surface area contributed by atoms with Crippen molar-refractivity contribution in [3.63, 3.8) is 0 Å². The summed E-state index contributed by atoms with van der Waals surface area (Å²) in [6, 6.07) is 12.3. The number of fused-ring (bicyclic) bond motifs is 1. The van der Waals surface area contributed by atoms with Gasteiger partial charge in [0.2, 0.25) is 11.8 Å². The first-order valence-corrected chi connectivity index (χ1v) is 8.46. The van der Waals surface area contributed by atoms with Crippen LogP contribution in [0.15, 0.2) is 47.6 Å². The second kappa shape index (κ2) is 5.32. The quantitative estimate of drug-likeness (QED) is 0.868. The number of nitrogens with zero attached hydrogens (tertiary/aromatic N) is 1. The van der Waals surface area contributed by atoms with Gasteiger partial charge in [0, 0.05) is 24.1 Å². The van der Waals surface area contributed by atoms with Crippen LogP contribution >= 0.6 is 11.8 Å². The second-order valence-electron chi connectivity index (χ2n) is 5.75. The number of aromatic nitrogens is 1. The summed E-state index contributed by atoms with van der Waals surface area (Å²) in [5.74, 6) is 0.663. The molecule has 1 aromatic heterocycles. The molecule has 4 nitrogen and oxygen atoms in total. The number of carbonyl (C=O) groups excluding carboxylic acids is 2. The van der Waals surface area contributed by atoms with Crippen LogP contribution in [0.25, 0.3) is 5.69 Å². The first kappa shape index (κ1) is 13.6. The molecule has 2 unspecified atom stereocenters. The Morgan fingerprint density at radius 2 is 1.91 bits per heavy atom. The predicted octanol–water partition coefficient (Wildman–Crippen LogP) is 2.72. The second-order valence-corrected chi connectivity index (χ2v) is 6.83. The Hall–Kier alpha value is -2.01. The summed E-state index contributed by atoms with van der Waals surface area (Å²) >= 11 is 1.83. The zero-order valence-electron chi connectivity index (χ0n) is 12.0. The van der Waals surface area contributed by atoms with E-state index in [0.717, 1.165) is 17.9 Å². The van der Waals surface area contributed by atoms with Gasteiger partial charge in [-0.1, -0.05) is 18.2 Å². The van der Waals surface area contributed by atoms with Gasteiger partial charge in [-0.3, -0.25) is 14.9 Å². The normalized spacial score (nSPS) is 24.2. The third-order valence-corrected chi connectivity index (χ3v) is 5.61. The molecule has 5 heteroatoms. The first-order valence-electron chi connectivity index (χ1n) is 7.47. The van der Waals surface area contributed by atoms with E-state index in [1.54, 1.807) is 0 Å². The fraction of sp³-hybridized carbons (Fsp3) is 0.294. The molecule has 2 aromatic rings. The standard InChI is InChI=1S/C17H16N2O2S/c20-15-10-14(16(21)18-15)12-7-9-22-17-13(12)6-8-19(17)11-4-2-1-3-5-11/h1-6,8,12,14H,7,9-10H2,(H,18,20,21). The Balaban J connectivity index is 1.73. The zero-order chi connectivity index (χ0) is 15.1. The molecule has 0 bridgehead atoms. The van der Waals surface area contributed by atoms with Gasteiger partial charge < -0.3 is 4.57 Å². The Morgan fingerprint density at radius 3 is 2.64 bits per heavy atom. The molecule has 2 amide bonds. The molecule has 1 fully saturated rings. The maximum Gasteiger partial charge on any atom is 0.230 e. The monoisotopic (exact) mass is 312 g/mol. The lowest BCUT2D eigenvalue weighted by atomic mass is 9.84. The van der Waals surface area contributed by atoms with Crippen LogP contribution in [0.5, 0.6) is 0 Å². The number of carbonyl (C=O) groups is 2. The molecule has 112 valence electrons. The number of amides is 2. The number of imide groups is 1. The molecule has 0 radical (unpaired) electrons. The lowest BCUT2D eigenvalue weighted by Crippen LogP contribution is -2.26. The topological polar surface area (TPSA) is 51.1 Å². The smallest absolute Gasteiger partial charge is 0.230 e. The number of hydrogen-bond donors (Lipinski definition) is 1. The third kappa shape index (κ3) is 2.16. The summed E-state index contributed by atoms with van der Waals surface area (Å²) in [7, 11) is 0. The molecule has 0 spiro atoms. The molecular weight excluding hydrogens is 296 g/mol. The SMILES string of the molecule is O=C1CC(C2CCSc3c2ccn3-c2ccccc2)C(=O)N1. The van der Waals surface area contributed by atoms with Gasteiger partial charge in [0.1, 0.15) is 0 Å². The van der Waals surface area contributed by atoms with Crippen molar-refractivity contribution in [3.8, 4) is 5.69 Å². The van der Waals surface area contributed by atoms with Crippen molar-refractivity contribution in [2.45, 2.75) is 23.8 Å². The van der Waals surface area contributed by atoms with Crippen molar-refractivity contribution in [3.05, 3.63) is 48.2 Å². The largest absolute Gasteiger partial charge is 0.311 e. The number of nitrogens with one attached hydrogen (secondary N) is 1. The summed E-state index contributed by atoms with van der Waals surface area (Å²) in [4.78, 5) is 23.5. The highest BCUT2D eigenvalue weighted by Gasteiger charge is 2.40. The summed E-state index contributed by atoms with van der Waals surface area (Å²) in [6.45, 7) is 0. The highest BCUT2D eigenvalue weighted by Crippen LogP contribution is 2.44. The highest BCUT2D eigenvalue weighted by atomic mass is 32.2. The van der Waals surface area contributed by atoms with Gasteiger partial charge >= 0.3 is 0 Å². The van der Waals surface area contributed by atoms with Gasteiger partial charge in [-0.05, 0) is 36.1 Å². The highest BCUT2D eigenvalue weighted by molar-refractivity contribution is 7.99. The van der Waals surface area contributed by atoms with E-state index in [1.165, 1.54) is 10.6 Å². The summed E-state index contributed by atoms with van der Waals surface area (Å²) in [6.07, 6.45) is 3.34. The Morgan fingerprint density at radius 1 is 1.09 bits per heavy atom. The van der Waals surface area contributed by atoms with E-state index in [2.05, 4.69) is 34.3 Å². The van der Waals surface area contributed by atoms with E-state index in [9.17, 15) is 9.59 Å². The van der Waals surface area contributed by atoms with E-state index < -0.39 is 0 Å². The van der Waals surface area contributed by atoms with E-state index in [4.69, 9.17) is 0 Å². The number of hydrogen-bond acceptors (Lipinski definition) is 3. The molecule has 0 aliphatic carbocycles. The molecular formula is C17H16N2O2S. The van der Waals surface area contributed by atoms with Crippen molar-refractivity contribution in [1.29, 1.82) is 0 Å². The molecule has 4 rings (SSSR count). The van der Waals surface area contributed by atoms with Crippen LogP contribution in [0.1, 0.15) is 24.3 Å². The maximum absolute atomic E-state index is 12.0. The van der Waals surface area contributed by atoms with Crippen LogP contribution in [0.4, 0.5) is 0 Å². The van der Waals surface area contributed by atoms with Crippen molar-refractivity contribution in [2.24, 2.45) is 5.92 Å². The number of thioether (sulfide) groups is 1. The van der Waals surface area contributed by atoms with Crippen LogP contribution in [-0.4, -0.2) is 22.1 Å². The maximum atomic E-state index is 12.0. The van der Waals surface area contributed by atoms with Gasteiger partial charge in [-0.25, -0.2) is 0 Å². The Kier molecular flexibility index (Phi) is 3.30. The minimum atomic E-state index is -0.209. The van der Waals surface area contributed by atoms with Crippen LogP contribution in [0.2, 0.25) is 0 Å². The molecule has 22 heavy (non-hydrogen) atoms. The minimum absolute atomic E-state index is 0.111. The van der Waals surface area contributed by atoms with Crippen LogP contribution in [0, 0.1) is 5.92 Å². The summed E-state index contributed by atoms with van der Waals surface area (Å²) < 4.78 is 2.18. The van der Waals surface area contributed by atoms with Gasteiger partial charge in [0.15, 0.2) is 0 Å². The average molecular weight is 312 g/mol. The van der Waals surface area contributed by atoms with E-state index in [0.29, 0.717) is 6.42 Å². The molecule has 1 saturated heterocycles. The van der Waals surface area contributed by atoms with E-state index in [-0.39, 0.29) is 23.7 Å². The third-order valence-electron chi connectivity index (χ3n) is 4.46. The van der Waals surface area contributed by atoms with Gasteiger partial charge in [-0.2, -0.15) is 0 Å². The number of para-hydroxylation sites is 1. The van der Waals surface area contributed by atoms with Crippen molar-refractivity contribution in [1.82, 2.24) is 9.88 Å². The fourth-order valence-corrected chi connectivity index (χ4v) is 4.67. The summed E-state index contributed by atoms with van der Waals surface area (Å²) in [5.41, 5.74) is 2.33. The van der Waals surface area contributed by atoms with Crippen molar-refractivity contribution < 1.29 is 9.59 Å². The molecule has 0 saturated carbocycles. The lowest BCUT2D eigenvalue weighted by Gasteiger charge is -2.26. The number of rotatable bonds is 2. The number of benzene rings is 1. The van der Waals surface area contributed by atoms with Gasteiger partial charge in [-0.15, -0.1) is 11.8 Å². The summed E-state index contributed by atoms with van der Waals surface area (Å²) in [5, 5.41) is 3.65. The van der Waals surface area contributed by atoms with Crippen molar-refractivity contribution in [2.75, 3.05) is 5.75 Å². The first-order chi connectivity index (χ1) is 10.7. The van der Waals surface area contributed by atoms with Crippen molar-refractivity contribution >= 4 is 23.6 Å². The molecule has 3 heterocycles. The molecule has 2 atom stereocenters. The van der Waals surface area contributed by atoms with Crippen LogP contribution in [0.3, 0.4) is 0 Å². The van der Waals surface area contributed by atoms with Crippen LogP contribution in [-0.2, 0) is 9.59 Å². The van der Waals surface area contributed by atoms with E-state index >= 15 is 0 Å². The molecule has 2 aliphatic rings. The molecule has 1 N–H and O–H groups in total. The average Bonchev–Trinajstić information content (AvgIpc) is 3.11. The van der Waals surface area contributed by atoms with E-state index in [1.807, 2.05) is 30.0 Å². The Bertz CT molecular complexity index is 738. The minimum Gasteiger partial charge on any atom is -0.311 e. The van der Waals surface area contributed by atoms with Crippen LogP contribution < -0.4 is 5.32 Å². The molecule has 1 aromatic carbocycles. The predicted molar refractivity (Wildman–Crippen MR) is 85.1 cm³/mol. The van der Waals surface area contributed by atoms with Gasteiger partial charge in [0.05, 0.1) is 10.9 Å². The Labute approximate surface area is 132 Å². The van der Waals surface area contributed by atoms with Gasteiger partial charge in [0.25, 0.3) is 0 Å². The molecule has 2 aliphatic heterocycles. The fourth-order valence-electron chi connectivity index (χ4n) is 3.41. The lowest BCUT2D eigenvalue weighted by molar-refractivity contribution is -0.126.